The molecular formula is C21H28N2O2. The Morgan fingerprint density at radius 1 is 1.32 bits per heavy atom. The zero-order valence-corrected chi connectivity index (χ0v) is 15.5. The first-order valence-corrected chi connectivity index (χ1v) is 9.29. The van der Waals surface area contributed by atoms with Gasteiger partial charge in [0.1, 0.15) is 11.6 Å². The fraction of sp³-hybridized carbons (Fsp3) is 0.619. The predicted molar refractivity (Wildman–Crippen MR) is 96.9 cm³/mol. The number of amides is 1. The molecule has 25 heavy (non-hydrogen) atoms. The van der Waals surface area contributed by atoms with E-state index in [4.69, 9.17) is 4.74 Å². The lowest BCUT2D eigenvalue weighted by Gasteiger charge is -2.41. The molecular weight excluding hydrogens is 312 g/mol. The lowest BCUT2D eigenvalue weighted by molar-refractivity contribution is 0.0209. The van der Waals surface area contributed by atoms with Gasteiger partial charge in [0.2, 0.25) is 0 Å². The van der Waals surface area contributed by atoms with Crippen LogP contribution in [-0.2, 0) is 11.2 Å². The third-order valence-corrected chi connectivity index (χ3v) is 5.66. The zero-order chi connectivity index (χ0) is 18.1. The third kappa shape index (κ3) is 3.51. The predicted octanol–water partition coefficient (Wildman–Crippen LogP) is 4.55. The average molecular weight is 340 g/mol. The molecule has 4 nitrogen and oxygen atoms in total. The van der Waals surface area contributed by atoms with Crippen LogP contribution in [0.4, 0.5) is 4.79 Å². The van der Waals surface area contributed by atoms with Gasteiger partial charge in [0, 0.05) is 12.0 Å². The number of benzene rings is 1. The van der Waals surface area contributed by atoms with E-state index in [9.17, 15) is 10.1 Å². The normalized spacial score (nSPS) is 29.0. The Bertz CT molecular complexity index is 659. The van der Waals surface area contributed by atoms with Crippen LogP contribution in [0.5, 0.6) is 0 Å². The highest BCUT2D eigenvalue weighted by atomic mass is 16.6. The Kier molecular flexibility index (Phi) is 4.77. The standard InChI is InChI=1S/C21H28N2O2/c1-20(2,3)25-19(24)23-15-17-11-7-8-12-21(17,18(23)14-22)13-16-9-5-4-6-10-16/h4-6,9-10,17-18H,7-8,11-13,15H2,1-3H3/t17-,18+,21+/m1/s1. The molecule has 0 radical (unpaired) electrons. The lowest BCUT2D eigenvalue weighted by Crippen LogP contribution is -2.46. The molecule has 1 amide bonds. The van der Waals surface area contributed by atoms with Gasteiger partial charge in [-0.25, -0.2) is 4.79 Å². The summed E-state index contributed by atoms with van der Waals surface area (Å²) in [6.45, 7) is 6.25. The topological polar surface area (TPSA) is 53.3 Å². The van der Waals surface area contributed by atoms with E-state index in [-0.39, 0.29) is 11.5 Å². The summed E-state index contributed by atoms with van der Waals surface area (Å²) < 4.78 is 5.59. The highest BCUT2D eigenvalue weighted by Crippen LogP contribution is 2.52. The maximum Gasteiger partial charge on any atom is 0.411 e. The minimum absolute atomic E-state index is 0.148. The van der Waals surface area contributed by atoms with Crippen molar-refractivity contribution in [3.8, 4) is 6.07 Å². The van der Waals surface area contributed by atoms with Crippen LogP contribution < -0.4 is 0 Å². The number of likely N-dealkylation sites (tertiary alicyclic amines) is 1. The Labute approximate surface area is 150 Å². The van der Waals surface area contributed by atoms with Gasteiger partial charge in [-0.1, -0.05) is 43.2 Å². The number of nitriles is 1. The molecule has 1 aliphatic heterocycles. The van der Waals surface area contributed by atoms with E-state index in [0.717, 1.165) is 25.7 Å². The second-order valence-corrected chi connectivity index (χ2v) is 8.50. The number of ether oxygens (including phenoxy) is 1. The van der Waals surface area contributed by atoms with Crippen molar-refractivity contribution < 1.29 is 9.53 Å². The number of rotatable bonds is 2. The van der Waals surface area contributed by atoms with Crippen LogP contribution in [0.25, 0.3) is 0 Å². The largest absolute Gasteiger partial charge is 0.444 e. The number of carbonyl (C=O) groups excluding carboxylic acids is 1. The lowest BCUT2D eigenvalue weighted by atomic mass is 9.62. The molecule has 2 aliphatic rings. The summed E-state index contributed by atoms with van der Waals surface area (Å²) in [6.07, 6.45) is 4.91. The third-order valence-electron chi connectivity index (χ3n) is 5.66. The van der Waals surface area contributed by atoms with E-state index >= 15 is 0 Å². The van der Waals surface area contributed by atoms with Crippen LogP contribution in [0.15, 0.2) is 30.3 Å². The highest BCUT2D eigenvalue weighted by molar-refractivity contribution is 5.70. The van der Waals surface area contributed by atoms with Gasteiger partial charge in [-0.2, -0.15) is 5.26 Å². The van der Waals surface area contributed by atoms with Crippen LogP contribution in [0.3, 0.4) is 0 Å². The molecule has 1 saturated carbocycles. The summed E-state index contributed by atoms with van der Waals surface area (Å²) in [5.74, 6) is 0.374. The molecule has 1 aromatic carbocycles. The monoisotopic (exact) mass is 340 g/mol. The van der Waals surface area contributed by atoms with Gasteiger partial charge >= 0.3 is 6.09 Å². The molecule has 134 valence electrons. The molecule has 0 spiro atoms. The van der Waals surface area contributed by atoms with Crippen LogP contribution in [0.2, 0.25) is 0 Å². The summed E-state index contributed by atoms with van der Waals surface area (Å²) in [4.78, 5) is 14.4. The van der Waals surface area contributed by atoms with Gasteiger partial charge < -0.3 is 4.74 Å². The smallest absolute Gasteiger partial charge is 0.411 e. The van der Waals surface area contributed by atoms with E-state index in [2.05, 4.69) is 18.2 Å². The molecule has 1 aromatic rings. The molecule has 3 atom stereocenters. The number of fused-ring (bicyclic) bond motifs is 1. The summed E-state index contributed by atoms with van der Waals surface area (Å²) in [7, 11) is 0. The molecule has 4 heteroatoms. The van der Waals surface area contributed by atoms with Crippen molar-refractivity contribution in [1.29, 1.82) is 5.26 Å². The molecule has 0 N–H and O–H groups in total. The molecule has 0 bridgehead atoms. The van der Waals surface area contributed by atoms with Crippen molar-refractivity contribution in [1.82, 2.24) is 4.90 Å². The Balaban J connectivity index is 1.91. The molecule has 0 unspecified atom stereocenters. The van der Waals surface area contributed by atoms with Crippen molar-refractivity contribution in [2.24, 2.45) is 11.3 Å². The van der Waals surface area contributed by atoms with E-state index in [0.29, 0.717) is 12.5 Å². The fourth-order valence-corrected chi connectivity index (χ4v) is 4.63. The molecule has 2 fully saturated rings. The maximum absolute atomic E-state index is 12.7. The summed E-state index contributed by atoms with van der Waals surface area (Å²) in [6, 6.07) is 12.4. The number of hydrogen-bond donors (Lipinski definition) is 0. The number of carbonyl (C=O) groups is 1. The maximum atomic E-state index is 12.7. The van der Waals surface area contributed by atoms with E-state index in [1.807, 2.05) is 39.0 Å². The summed E-state index contributed by atoms with van der Waals surface area (Å²) >= 11 is 0. The number of nitrogens with zero attached hydrogens (tertiary/aromatic N) is 2. The van der Waals surface area contributed by atoms with Gasteiger partial charge in [-0.3, -0.25) is 4.90 Å². The van der Waals surface area contributed by atoms with E-state index in [1.54, 1.807) is 4.90 Å². The van der Waals surface area contributed by atoms with Crippen LogP contribution >= 0.6 is 0 Å². The Morgan fingerprint density at radius 2 is 2.04 bits per heavy atom. The van der Waals surface area contributed by atoms with Gasteiger partial charge in [0.25, 0.3) is 0 Å². The second-order valence-electron chi connectivity index (χ2n) is 8.50. The van der Waals surface area contributed by atoms with Crippen molar-refractivity contribution in [3.63, 3.8) is 0 Å². The first kappa shape index (κ1) is 17.8. The van der Waals surface area contributed by atoms with Crippen molar-refractivity contribution in [3.05, 3.63) is 35.9 Å². The van der Waals surface area contributed by atoms with Crippen LogP contribution in [0, 0.1) is 22.7 Å². The van der Waals surface area contributed by atoms with Crippen molar-refractivity contribution in [2.45, 2.75) is 64.5 Å². The molecule has 3 rings (SSSR count). The SMILES string of the molecule is CC(C)(C)OC(=O)N1C[C@H]2CCCC[C@@]2(Cc2ccccc2)[C@@H]1C#N. The fourth-order valence-electron chi connectivity index (χ4n) is 4.63. The number of hydrogen-bond acceptors (Lipinski definition) is 3. The van der Waals surface area contributed by atoms with Gasteiger partial charge in [-0.15, -0.1) is 0 Å². The molecule has 1 saturated heterocycles. The van der Waals surface area contributed by atoms with Crippen LogP contribution in [-0.4, -0.2) is 29.2 Å². The minimum Gasteiger partial charge on any atom is -0.444 e. The second kappa shape index (κ2) is 6.71. The van der Waals surface area contributed by atoms with E-state index < -0.39 is 11.6 Å². The summed E-state index contributed by atoms with van der Waals surface area (Å²) in [5.41, 5.74) is 0.559. The molecule has 0 aromatic heterocycles. The van der Waals surface area contributed by atoms with E-state index in [1.165, 1.54) is 12.0 Å². The first-order chi connectivity index (χ1) is 11.9. The quantitative estimate of drug-likeness (QED) is 0.793. The van der Waals surface area contributed by atoms with Gasteiger partial charge in [-0.05, 0) is 51.5 Å². The molecule has 1 heterocycles. The molecule has 1 aliphatic carbocycles. The Morgan fingerprint density at radius 3 is 2.68 bits per heavy atom. The average Bonchev–Trinajstić information content (AvgIpc) is 2.88. The van der Waals surface area contributed by atoms with Gasteiger partial charge in [0.15, 0.2) is 0 Å². The first-order valence-electron chi connectivity index (χ1n) is 9.29. The zero-order valence-electron chi connectivity index (χ0n) is 15.5. The Hall–Kier alpha value is -2.02. The van der Waals surface area contributed by atoms with Gasteiger partial charge in [0.05, 0.1) is 6.07 Å². The summed E-state index contributed by atoms with van der Waals surface area (Å²) in [5, 5.41) is 9.97. The minimum atomic E-state index is -0.544. The van der Waals surface area contributed by atoms with Crippen LogP contribution in [0.1, 0.15) is 52.0 Å². The van der Waals surface area contributed by atoms with Crippen molar-refractivity contribution >= 4 is 6.09 Å². The van der Waals surface area contributed by atoms with Crippen molar-refractivity contribution in [2.75, 3.05) is 6.54 Å². The highest BCUT2D eigenvalue weighted by Gasteiger charge is 2.56.